The van der Waals surface area contributed by atoms with Crippen molar-refractivity contribution < 1.29 is 0 Å². The second-order valence-electron chi connectivity index (χ2n) is 3.96. The van der Waals surface area contributed by atoms with Gasteiger partial charge in [-0.05, 0) is 25.0 Å². The van der Waals surface area contributed by atoms with Crippen molar-refractivity contribution in [2.75, 3.05) is 5.73 Å². The van der Waals surface area contributed by atoms with Crippen molar-refractivity contribution in [2.45, 2.75) is 25.2 Å². The van der Waals surface area contributed by atoms with Gasteiger partial charge in [-0.3, -0.25) is 4.40 Å². The van der Waals surface area contributed by atoms with E-state index in [0.29, 0.717) is 5.92 Å². The molecule has 0 aromatic carbocycles. The summed E-state index contributed by atoms with van der Waals surface area (Å²) in [5.41, 5.74) is 7.04. The monoisotopic (exact) mass is 187 g/mol. The molecule has 72 valence electrons. The Labute approximate surface area is 82.6 Å². The number of pyridine rings is 1. The fourth-order valence-electron chi connectivity index (χ4n) is 2.05. The van der Waals surface area contributed by atoms with Gasteiger partial charge in [-0.25, -0.2) is 4.98 Å². The first kappa shape index (κ1) is 7.85. The summed E-state index contributed by atoms with van der Waals surface area (Å²) in [6, 6.07) is 5.94. The molecule has 0 atom stereocenters. The molecule has 2 heterocycles. The highest BCUT2D eigenvalue weighted by Gasteiger charge is 2.23. The van der Waals surface area contributed by atoms with Gasteiger partial charge < -0.3 is 5.73 Å². The van der Waals surface area contributed by atoms with Crippen LogP contribution < -0.4 is 5.73 Å². The molecule has 14 heavy (non-hydrogen) atoms. The summed E-state index contributed by atoms with van der Waals surface area (Å²) in [6.07, 6.45) is 5.75. The third kappa shape index (κ3) is 0.953. The van der Waals surface area contributed by atoms with E-state index < -0.39 is 0 Å². The molecule has 0 aliphatic heterocycles. The lowest BCUT2D eigenvalue weighted by atomic mass is 9.85. The zero-order valence-corrected chi connectivity index (χ0v) is 7.98. The maximum absolute atomic E-state index is 5.94. The number of nitrogens with zero attached hydrogens (tertiary/aromatic N) is 2. The molecular formula is C11H13N3. The first-order chi connectivity index (χ1) is 6.86. The van der Waals surface area contributed by atoms with E-state index in [1.807, 2.05) is 24.4 Å². The summed E-state index contributed by atoms with van der Waals surface area (Å²) in [5, 5.41) is 0. The van der Waals surface area contributed by atoms with Crippen LogP contribution in [0.2, 0.25) is 0 Å². The largest absolute Gasteiger partial charge is 0.385 e. The third-order valence-corrected chi connectivity index (χ3v) is 3.08. The molecular weight excluding hydrogens is 174 g/mol. The molecule has 1 aliphatic rings. The van der Waals surface area contributed by atoms with E-state index in [-0.39, 0.29) is 0 Å². The third-order valence-electron chi connectivity index (χ3n) is 3.08. The predicted molar refractivity (Wildman–Crippen MR) is 56.2 cm³/mol. The topological polar surface area (TPSA) is 43.3 Å². The van der Waals surface area contributed by atoms with Crippen LogP contribution in [0.5, 0.6) is 0 Å². The fraction of sp³-hybridized carbons (Fsp3) is 0.364. The van der Waals surface area contributed by atoms with Crippen molar-refractivity contribution in [3.05, 3.63) is 30.2 Å². The van der Waals surface area contributed by atoms with Crippen LogP contribution in [0, 0.1) is 0 Å². The van der Waals surface area contributed by atoms with Crippen molar-refractivity contribution >= 4 is 11.3 Å². The molecule has 2 aromatic heterocycles. The van der Waals surface area contributed by atoms with Crippen molar-refractivity contribution in [3.8, 4) is 0 Å². The van der Waals surface area contributed by atoms with Gasteiger partial charge in [0.05, 0.1) is 11.7 Å². The Morgan fingerprint density at radius 3 is 2.93 bits per heavy atom. The number of hydrogen-bond donors (Lipinski definition) is 1. The second-order valence-corrected chi connectivity index (χ2v) is 3.96. The highest BCUT2D eigenvalue weighted by Crippen LogP contribution is 2.36. The van der Waals surface area contributed by atoms with Gasteiger partial charge in [0, 0.05) is 5.92 Å². The quantitative estimate of drug-likeness (QED) is 0.743. The summed E-state index contributed by atoms with van der Waals surface area (Å²) < 4.78 is 2.07. The molecule has 1 fully saturated rings. The van der Waals surface area contributed by atoms with E-state index >= 15 is 0 Å². The molecule has 3 heteroatoms. The van der Waals surface area contributed by atoms with E-state index in [1.165, 1.54) is 19.3 Å². The fourth-order valence-corrected chi connectivity index (χ4v) is 2.05. The van der Waals surface area contributed by atoms with Crippen molar-refractivity contribution in [2.24, 2.45) is 0 Å². The number of anilines is 1. The number of nitrogen functional groups attached to an aromatic ring is 1. The number of imidazole rings is 1. The standard InChI is InChI=1S/C11H13N3/c12-10-6-2-5-9-7-13-11(14(9)10)8-3-1-4-8/h2,5-8H,1,3-4,12H2. The Hall–Kier alpha value is -1.51. The van der Waals surface area contributed by atoms with Crippen molar-refractivity contribution in [1.29, 1.82) is 0 Å². The van der Waals surface area contributed by atoms with Crippen molar-refractivity contribution in [1.82, 2.24) is 9.38 Å². The van der Waals surface area contributed by atoms with Crippen LogP contribution in [0.1, 0.15) is 31.0 Å². The molecule has 0 bridgehead atoms. The zero-order chi connectivity index (χ0) is 9.54. The van der Waals surface area contributed by atoms with Gasteiger partial charge in [0.1, 0.15) is 11.6 Å². The molecule has 1 saturated carbocycles. The van der Waals surface area contributed by atoms with E-state index in [4.69, 9.17) is 5.73 Å². The van der Waals surface area contributed by atoms with E-state index in [9.17, 15) is 0 Å². The molecule has 0 spiro atoms. The van der Waals surface area contributed by atoms with E-state index in [1.54, 1.807) is 0 Å². The van der Waals surface area contributed by atoms with Crippen LogP contribution in [0.3, 0.4) is 0 Å². The maximum Gasteiger partial charge on any atom is 0.117 e. The normalized spacial score (nSPS) is 17.1. The van der Waals surface area contributed by atoms with Gasteiger partial charge in [0.25, 0.3) is 0 Å². The summed E-state index contributed by atoms with van der Waals surface area (Å²) >= 11 is 0. The molecule has 0 amide bonds. The average Bonchev–Trinajstić information content (AvgIpc) is 2.47. The van der Waals surface area contributed by atoms with Crippen LogP contribution in [0.15, 0.2) is 24.4 Å². The second kappa shape index (κ2) is 2.74. The minimum Gasteiger partial charge on any atom is -0.385 e. The molecule has 2 N–H and O–H groups in total. The summed E-state index contributed by atoms with van der Waals surface area (Å²) in [5.74, 6) is 2.56. The lowest BCUT2D eigenvalue weighted by Gasteiger charge is -2.24. The summed E-state index contributed by atoms with van der Waals surface area (Å²) in [7, 11) is 0. The number of nitrogens with two attached hydrogens (primary N) is 1. The highest BCUT2D eigenvalue weighted by atomic mass is 15.1. The van der Waals surface area contributed by atoms with Gasteiger partial charge in [-0.1, -0.05) is 12.5 Å². The maximum atomic E-state index is 5.94. The van der Waals surface area contributed by atoms with Crippen LogP contribution >= 0.6 is 0 Å². The first-order valence-electron chi connectivity index (χ1n) is 5.08. The first-order valence-corrected chi connectivity index (χ1v) is 5.08. The van der Waals surface area contributed by atoms with Gasteiger partial charge in [-0.15, -0.1) is 0 Å². The molecule has 0 radical (unpaired) electrons. The lowest BCUT2D eigenvalue weighted by molar-refractivity contribution is 0.401. The number of aromatic nitrogens is 2. The summed E-state index contributed by atoms with van der Waals surface area (Å²) in [6.45, 7) is 0. The zero-order valence-electron chi connectivity index (χ0n) is 7.98. The summed E-state index contributed by atoms with van der Waals surface area (Å²) in [4.78, 5) is 4.46. The molecule has 0 unspecified atom stereocenters. The minimum absolute atomic E-state index is 0.627. The average molecular weight is 187 g/mol. The predicted octanol–water partition coefficient (Wildman–Crippen LogP) is 2.18. The van der Waals surface area contributed by atoms with Crippen LogP contribution in [-0.2, 0) is 0 Å². The Balaban J connectivity index is 2.23. The Bertz CT molecular complexity index is 468. The van der Waals surface area contributed by atoms with Gasteiger partial charge in [0.2, 0.25) is 0 Å². The van der Waals surface area contributed by atoms with Crippen LogP contribution in [0.25, 0.3) is 5.52 Å². The molecule has 0 saturated heterocycles. The van der Waals surface area contributed by atoms with Crippen molar-refractivity contribution in [3.63, 3.8) is 0 Å². The van der Waals surface area contributed by atoms with Gasteiger partial charge >= 0.3 is 0 Å². The van der Waals surface area contributed by atoms with Crippen LogP contribution in [-0.4, -0.2) is 9.38 Å². The molecule has 3 nitrogen and oxygen atoms in total. The van der Waals surface area contributed by atoms with E-state index in [0.717, 1.165) is 17.2 Å². The Morgan fingerprint density at radius 1 is 1.36 bits per heavy atom. The molecule has 1 aliphatic carbocycles. The minimum atomic E-state index is 0.627. The smallest absolute Gasteiger partial charge is 0.117 e. The number of fused-ring (bicyclic) bond motifs is 1. The van der Waals surface area contributed by atoms with Gasteiger partial charge in [-0.2, -0.15) is 0 Å². The number of hydrogen-bond acceptors (Lipinski definition) is 2. The van der Waals surface area contributed by atoms with Crippen LogP contribution in [0.4, 0.5) is 5.82 Å². The molecule has 2 aromatic rings. The Kier molecular flexibility index (Phi) is 1.54. The molecule has 3 rings (SSSR count). The highest BCUT2D eigenvalue weighted by molar-refractivity contribution is 5.53. The van der Waals surface area contributed by atoms with E-state index in [2.05, 4.69) is 9.38 Å². The Morgan fingerprint density at radius 2 is 2.21 bits per heavy atom. The SMILES string of the molecule is Nc1cccc2cnc(C3CCC3)n12. The van der Waals surface area contributed by atoms with Gasteiger partial charge in [0.15, 0.2) is 0 Å². The lowest BCUT2D eigenvalue weighted by Crippen LogP contribution is -2.13. The number of rotatable bonds is 1.